The number of carbonyl (C=O) groups is 1. The lowest BCUT2D eigenvalue weighted by atomic mass is 10.4. The highest BCUT2D eigenvalue weighted by Crippen LogP contribution is 2.09. The first-order valence-electron chi connectivity index (χ1n) is 4.54. The first-order valence-corrected chi connectivity index (χ1v) is 6.43. The summed E-state index contributed by atoms with van der Waals surface area (Å²) in [6.45, 7) is 0.188. The number of anilines is 1. The molecule has 1 heterocycles. The van der Waals surface area contributed by atoms with Gasteiger partial charge in [-0.3, -0.25) is 4.79 Å². The summed E-state index contributed by atoms with van der Waals surface area (Å²) in [4.78, 5) is 14.9. The van der Waals surface area contributed by atoms with Crippen molar-refractivity contribution in [1.29, 1.82) is 0 Å². The van der Waals surface area contributed by atoms with Crippen LogP contribution in [0, 0.1) is 0 Å². The molecule has 1 amide bonds. The minimum absolute atomic E-state index is 0. The van der Waals surface area contributed by atoms with E-state index < -0.39 is 9.84 Å². The number of amides is 1. The lowest BCUT2D eigenvalue weighted by molar-refractivity contribution is -0.115. The van der Waals surface area contributed by atoms with Gasteiger partial charge in [-0.2, -0.15) is 0 Å². The third kappa shape index (κ3) is 6.15. The van der Waals surface area contributed by atoms with Gasteiger partial charge in [-0.15, -0.1) is 24.8 Å². The van der Waals surface area contributed by atoms with Crippen LogP contribution in [0.4, 0.5) is 5.69 Å². The van der Waals surface area contributed by atoms with Crippen LogP contribution in [0.3, 0.4) is 0 Å². The summed E-state index contributed by atoms with van der Waals surface area (Å²) in [6, 6.07) is 2.85. The van der Waals surface area contributed by atoms with Crippen LogP contribution in [0.5, 0.6) is 0 Å². The molecule has 0 radical (unpaired) electrons. The number of halogens is 2. The normalized spacial score (nSPS) is 9.89. The average Bonchev–Trinajstić information content (AvgIpc) is 2.17. The third-order valence-electron chi connectivity index (χ3n) is 1.74. The second-order valence-corrected chi connectivity index (χ2v) is 5.20. The molecule has 1 rings (SSSR count). The molecular weight excluding hydrogens is 301 g/mol. The van der Waals surface area contributed by atoms with Gasteiger partial charge in [0, 0.05) is 6.26 Å². The number of sulfone groups is 1. The highest BCUT2D eigenvalue weighted by molar-refractivity contribution is 7.90. The first kappa shape index (κ1) is 19.4. The molecule has 9 heteroatoms. The van der Waals surface area contributed by atoms with Crippen molar-refractivity contribution in [1.82, 2.24) is 10.3 Å². The van der Waals surface area contributed by atoms with Gasteiger partial charge in [0.15, 0.2) is 14.9 Å². The van der Waals surface area contributed by atoms with Crippen molar-refractivity contribution in [3.8, 4) is 0 Å². The Morgan fingerprint density at radius 3 is 2.33 bits per heavy atom. The number of hydrogen-bond acceptors (Lipinski definition) is 5. The van der Waals surface area contributed by atoms with Crippen LogP contribution in [-0.4, -0.2) is 39.2 Å². The van der Waals surface area contributed by atoms with Gasteiger partial charge in [-0.05, 0) is 19.2 Å². The highest BCUT2D eigenvalue weighted by atomic mass is 35.5. The van der Waals surface area contributed by atoms with Crippen LogP contribution >= 0.6 is 24.8 Å². The first-order chi connectivity index (χ1) is 7.43. The molecule has 6 nitrogen and oxygen atoms in total. The molecule has 0 atom stereocenters. The number of carbonyl (C=O) groups excluding carboxylic acids is 1. The van der Waals surface area contributed by atoms with E-state index in [1.165, 1.54) is 18.3 Å². The van der Waals surface area contributed by atoms with E-state index in [1.807, 2.05) is 0 Å². The maximum Gasteiger partial charge on any atom is 0.238 e. The zero-order valence-electron chi connectivity index (χ0n) is 9.84. The molecule has 0 aliphatic heterocycles. The number of rotatable bonds is 4. The molecular formula is C9H15Cl2N3O3S. The third-order valence-corrected chi connectivity index (χ3v) is 2.74. The van der Waals surface area contributed by atoms with Gasteiger partial charge < -0.3 is 10.6 Å². The molecule has 0 fully saturated rings. The van der Waals surface area contributed by atoms with Crippen molar-refractivity contribution in [3.63, 3.8) is 0 Å². The standard InChI is InChI=1S/C9H13N3O3S.2ClH/c1-10-6-8(13)12-7-3-4-9(11-5-7)16(2,14)15;;/h3-5,10H,6H2,1-2H3,(H,12,13);2*1H. The average molecular weight is 316 g/mol. The van der Waals surface area contributed by atoms with Crippen molar-refractivity contribution in [3.05, 3.63) is 18.3 Å². The Morgan fingerprint density at radius 1 is 1.33 bits per heavy atom. The molecule has 1 aromatic heterocycles. The lowest BCUT2D eigenvalue weighted by Crippen LogP contribution is -2.25. The number of likely N-dealkylation sites (N-methyl/N-ethyl adjacent to an activating group) is 1. The van der Waals surface area contributed by atoms with Crippen molar-refractivity contribution in [2.24, 2.45) is 0 Å². The Balaban J connectivity index is 0. The minimum atomic E-state index is -3.29. The minimum Gasteiger partial charge on any atom is -0.324 e. The fraction of sp³-hybridized carbons (Fsp3) is 0.333. The maximum atomic E-state index is 11.2. The number of hydrogen-bond donors (Lipinski definition) is 2. The van der Waals surface area contributed by atoms with Gasteiger partial charge in [0.05, 0.1) is 18.4 Å². The summed E-state index contributed by atoms with van der Waals surface area (Å²) in [5, 5.41) is 5.24. The Hall–Kier alpha value is -0.890. The molecule has 0 spiro atoms. The SMILES string of the molecule is CNCC(=O)Nc1ccc(S(C)(=O)=O)nc1.Cl.Cl. The van der Waals surface area contributed by atoms with Crippen molar-refractivity contribution < 1.29 is 13.2 Å². The van der Waals surface area contributed by atoms with Crippen molar-refractivity contribution >= 4 is 46.2 Å². The largest absolute Gasteiger partial charge is 0.324 e. The molecule has 0 aromatic carbocycles. The fourth-order valence-electron chi connectivity index (χ4n) is 1.04. The Labute approximate surface area is 118 Å². The van der Waals surface area contributed by atoms with E-state index >= 15 is 0 Å². The topological polar surface area (TPSA) is 88.2 Å². The second-order valence-electron chi connectivity index (χ2n) is 3.24. The van der Waals surface area contributed by atoms with Gasteiger partial charge in [0.2, 0.25) is 5.91 Å². The monoisotopic (exact) mass is 315 g/mol. The Bertz CT molecular complexity index is 476. The van der Waals surface area contributed by atoms with E-state index in [2.05, 4.69) is 15.6 Å². The number of pyridine rings is 1. The van der Waals surface area contributed by atoms with Crippen LogP contribution in [-0.2, 0) is 14.6 Å². The molecule has 0 saturated carbocycles. The van der Waals surface area contributed by atoms with E-state index in [4.69, 9.17) is 0 Å². The van der Waals surface area contributed by atoms with Gasteiger partial charge in [-0.1, -0.05) is 0 Å². The summed E-state index contributed by atoms with van der Waals surface area (Å²) in [7, 11) is -1.64. The molecule has 1 aromatic rings. The molecule has 0 aliphatic rings. The van der Waals surface area contributed by atoms with Crippen LogP contribution in [0.1, 0.15) is 0 Å². The predicted octanol–water partition coefficient (Wildman–Crippen LogP) is 0.487. The van der Waals surface area contributed by atoms with E-state index in [0.29, 0.717) is 5.69 Å². The predicted molar refractivity (Wildman–Crippen MR) is 74.4 cm³/mol. The Morgan fingerprint density at radius 2 is 1.94 bits per heavy atom. The smallest absolute Gasteiger partial charge is 0.238 e. The summed E-state index contributed by atoms with van der Waals surface area (Å²) < 4.78 is 22.2. The quantitative estimate of drug-likeness (QED) is 0.844. The number of nitrogens with zero attached hydrogens (tertiary/aromatic N) is 1. The van der Waals surface area contributed by atoms with Crippen LogP contribution in [0.15, 0.2) is 23.4 Å². The molecule has 0 unspecified atom stereocenters. The summed E-state index contributed by atoms with van der Waals surface area (Å²) in [6.07, 6.45) is 2.39. The number of nitrogens with one attached hydrogen (secondary N) is 2. The molecule has 0 bridgehead atoms. The lowest BCUT2D eigenvalue weighted by Gasteiger charge is -2.04. The molecule has 2 N–H and O–H groups in total. The molecule has 0 aliphatic carbocycles. The van der Waals surface area contributed by atoms with Crippen LogP contribution in [0.2, 0.25) is 0 Å². The summed E-state index contributed by atoms with van der Waals surface area (Å²) >= 11 is 0. The van der Waals surface area contributed by atoms with Crippen LogP contribution < -0.4 is 10.6 Å². The van der Waals surface area contributed by atoms with E-state index in [0.717, 1.165) is 6.26 Å². The summed E-state index contributed by atoms with van der Waals surface area (Å²) in [5.41, 5.74) is 0.465. The van der Waals surface area contributed by atoms with Gasteiger partial charge in [0.1, 0.15) is 0 Å². The zero-order chi connectivity index (χ0) is 12.2. The molecule has 18 heavy (non-hydrogen) atoms. The van der Waals surface area contributed by atoms with E-state index in [1.54, 1.807) is 7.05 Å². The zero-order valence-corrected chi connectivity index (χ0v) is 12.3. The molecule has 0 saturated heterocycles. The number of aromatic nitrogens is 1. The Kier molecular flexibility index (Phi) is 8.92. The van der Waals surface area contributed by atoms with Gasteiger partial charge in [0.25, 0.3) is 0 Å². The van der Waals surface area contributed by atoms with Gasteiger partial charge in [-0.25, -0.2) is 13.4 Å². The summed E-state index contributed by atoms with van der Waals surface area (Å²) in [5.74, 6) is -0.212. The molecule has 104 valence electrons. The second kappa shape index (κ2) is 8.25. The van der Waals surface area contributed by atoms with Crippen molar-refractivity contribution in [2.75, 3.05) is 25.2 Å². The van der Waals surface area contributed by atoms with Gasteiger partial charge >= 0.3 is 0 Å². The van der Waals surface area contributed by atoms with Crippen LogP contribution in [0.25, 0.3) is 0 Å². The van der Waals surface area contributed by atoms with E-state index in [9.17, 15) is 13.2 Å². The van der Waals surface area contributed by atoms with E-state index in [-0.39, 0.29) is 42.3 Å². The van der Waals surface area contributed by atoms with Crippen molar-refractivity contribution in [2.45, 2.75) is 5.03 Å². The fourth-order valence-corrected chi connectivity index (χ4v) is 1.60. The maximum absolute atomic E-state index is 11.2. The highest BCUT2D eigenvalue weighted by Gasteiger charge is 2.08.